The number of benzene rings is 1. The van der Waals surface area contributed by atoms with E-state index >= 15 is 0 Å². The highest BCUT2D eigenvalue weighted by atomic mass is 35.5. The van der Waals surface area contributed by atoms with E-state index in [2.05, 4.69) is 9.71 Å². The Morgan fingerprint density at radius 1 is 1.29 bits per heavy atom. The second-order valence-corrected chi connectivity index (χ2v) is 6.25. The molecular formula is C12H10ClN3O4S. The van der Waals surface area contributed by atoms with Gasteiger partial charge in [0.05, 0.1) is 15.5 Å². The third-order valence-electron chi connectivity index (χ3n) is 2.67. The van der Waals surface area contributed by atoms with Crippen LogP contribution in [-0.2, 0) is 10.0 Å². The maximum absolute atomic E-state index is 12.2. The SMILES string of the molecule is Cc1ccc(S(=O)(=O)Nc2ccnc(Cl)c2)cc1[N+](=O)[O-]. The predicted octanol–water partition coefficient (Wildman–Crippen LogP) is 2.75. The number of anilines is 1. The minimum Gasteiger partial charge on any atom is -0.279 e. The zero-order valence-electron chi connectivity index (χ0n) is 10.8. The molecule has 1 N–H and O–H groups in total. The van der Waals surface area contributed by atoms with E-state index in [0.29, 0.717) is 5.56 Å². The molecule has 0 spiro atoms. The van der Waals surface area contributed by atoms with Crippen molar-refractivity contribution in [3.8, 4) is 0 Å². The van der Waals surface area contributed by atoms with Crippen molar-refractivity contribution in [1.82, 2.24) is 4.98 Å². The average Bonchev–Trinajstić information content (AvgIpc) is 2.38. The quantitative estimate of drug-likeness (QED) is 0.528. The molecule has 0 saturated heterocycles. The molecule has 21 heavy (non-hydrogen) atoms. The largest absolute Gasteiger partial charge is 0.279 e. The van der Waals surface area contributed by atoms with Crippen LogP contribution in [0, 0.1) is 17.0 Å². The summed E-state index contributed by atoms with van der Waals surface area (Å²) in [4.78, 5) is 13.8. The van der Waals surface area contributed by atoms with Gasteiger partial charge in [-0.1, -0.05) is 17.7 Å². The number of hydrogen-bond donors (Lipinski definition) is 1. The lowest BCUT2D eigenvalue weighted by atomic mass is 10.2. The third kappa shape index (κ3) is 3.47. The third-order valence-corrected chi connectivity index (χ3v) is 4.25. The highest BCUT2D eigenvalue weighted by Gasteiger charge is 2.20. The van der Waals surface area contributed by atoms with Crippen molar-refractivity contribution in [3.63, 3.8) is 0 Å². The van der Waals surface area contributed by atoms with Gasteiger partial charge in [0.15, 0.2) is 0 Å². The number of hydrogen-bond acceptors (Lipinski definition) is 5. The van der Waals surface area contributed by atoms with E-state index in [9.17, 15) is 18.5 Å². The smallest absolute Gasteiger partial charge is 0.273 e. The van der Waals surface area contributed by atoms with Crippen LogP contribution in [0.4, 0.5) is 11.4 Å². The molecule has 0 saturated carbocycles. The van der Waals surface area contributed by atoms with E-state index in [0.717, 1.165) is 6.07 Å². The summed E-state index contributed by atoms with van der Waals surface area (Å²) >= 11 is 5.67. The second kappa shape index (κ2) is 5.66. The van der Waals surface area contributed by atoms with Crippen molar-refractivity contribution in [1.29, 1.82) is 0 Å². The number of pyridine rings is 1. The number of nitro groups is 1. The van der Waals surface area contributed by atoms with Crippen LogP contribution in [-0.4, -0.2) is 18.3 Å². The molecular weight excluding hydrogens is 318 g/mol. The van der Waals surface area contributed by atoms with Crippen LogP contribution in [0.25, 0.3) is 0 Å². The molecule has 9 heteroatoms. The maximum atomic E-state index is 12.2. The molecule has 0 bridgehead atoms. The molecule has 0 aliphatic rings. The molecule has 0 radical (unpaired) electrons. The molecule has 1 heterocycles. The summed E-state index contributed by atoms with van der Waals surface area (Å²) in [7, 11) is -3.94. The van der Waals surface area contributed by atoms with Gasteiger partial charge in [-0.2, -0.15) is 0 Å². The molecule has 0 aliphatic heterocycles. The van der Waals surface area contributed by atoms with Gasteiger partial charge in [-0.25, -0.2) is 13.4 Å². The Hall–Kier alpha value is -2.19. The first-order chi connectivity index (χ1) is 9.79. The number of nitrogens with one attached hydrogen (secondary N) is 1. The fraction of sp³-hybridized carbons (Fsp3) is 0.0833. The van der Waals surface area contributed by atoms with Gasteiger partial charge in [0.25, 0.3) is 15.7 Å². The van der Waals surface area contributed by atoms with E-state index in [1.54, 1.807) is 0 Å². The maximum Gasteiger partial charge on any atom is 0.273 e. The zero-order valence-corrected chi connectivity index (χ0v) is 12.4. The van der Waals surface area contributed by atoms with Gasteiger partial charge in [-0.05, 0) is 25.1 Å². The summed E-state index contributed by atoms with van der Waals surface area (Å²) in [6.07, 6.45) is 1.35. The number of sulfonamides is 1. The first-order valence-electron chi connectivity index (χ1n) is 5.69. The summed E-state index contributed by atoms with van der Waals surface area (Å²) in [6, 6.07) is 6.45. The topological polar surface area (TPSA) is 102 Å². The lowest BCUT2D eigenvalue weighted by Crippen LogP contribution is -2.13. The Morgan fingerprint density at radius 3 is 2.62 bits per heavy atom. The van der Waals surface area contributed by atoms with Crippen LogP contribution in [0.2, 0.25) is 5.15 Å². The van der Waals surface area contributed by atoms with Crippen molar-refractivity contribution in [2.75, 3.05) is 4.72 Å². The lowest BCUT2D eigenvalue weighted by molar-refractivity contribution is -0.385. The van der Waals surface area contributed by atoms with Crippen molar-refractivity contribution < 1.29 is 13.3 Å². The molecule has 1 aromatic carbocycles. The summed E-state index contributed by atoms with van der Waals surface area (Å²) in [5, 5.41) is 11.0. The van der Waals surface area contributed by atoms with Crippen molar-refractivity contribution in [3.05, 3.63) is 57.4 Å². The van der Waals surface area contributed by atoms with Gasteiger partial charge in [0.1, 0.15) is 5.15 Å². The first-order valence-corrected chi connectivity index (χ1v) is 7.55. The number of nitrogens with zero attached hydrogens (tertiary/aromatic N) is 2. The van der Waals surface area contributed by atoms with E-state index in [4.69, 9.17) is 11.6 Å². The number of aryl methyl sites for hydroxylation is 1. The van der Waals surface area contributed by atoms with Gasteiger partial charge < -0.3 is 0 Å². The molecule has 2 aromatic rings. The fourth-order valence-corrected chi connectivity index (χ4v) is 2.88. The molecule has 0 unspecified atom stereocenters. The predicted molar refractivity (Wildman–Crippen MR) is 77.9 cm³/mol. The van der Waals surface area contributed by atoms with Crippen LogP contribution in [0.3, 0.4) is 0 Å². The highest BCUT2D eigenvalue weighted by Crippen LogP contribution is 2.24. The zero-order chi connectivity index (χ0) is 15.6. The molecule has 0 atom stereocenters. The first kappa shape index (κ1) is 15.2. The summed E-state index contributed by atoms with van der Waals surface area (Å²) < 4.78 is 26.7. The van der Waals surface area contributed by atoms with Gasteiger partial charge in [-0.15, -0.1) is 0 Å². The molecule has 0 aliphatic carbocycles. The number of rotatable bonds is 4. The van der Waals surface area contributed by atoms with Crippen LogP contribution >= 0.6 is 11.6 Å². The number of aromatic nitrogens is 1. The van der Waals surface area contributed by atoms with Crippen molar-refractivity contribution >= 4 is 33.0 Å². The van der Waals surface area contributed by atoms with Gasteiger partial charge >= 0.3 is 0 Å². The fourth-order valence-electron chi connectivity index (χ4n) is 1.63. The molecule has 7 nitrogen and oxygen atoms in total. The monoisotopic (exact) mass is 327 g/mol. The minimum atomic E-state index is -3.94. The minimum absolute atomic E-state index is 0.130. The molecule has 0 fully saturated rings. The normalized spacial score (nSPS) is 11.1. The molecule has 0 amide bonds. The van der Waals surface area contributed by atoms with E-state index in [1.165, 1.54) is 37.4 Å². The summed E-state index contributed by atoms with van der Waals surface area (Å²) in [5.74, 6) is 0. The Bertz CT molecular complexity index is 808. The van der Waals surface area contributed by atoms with Crippen LogP contribution in [0.15, 0.2) is 41.4 Å². The van der Waals surface area contributed by atoms with Crippen molar-refractivity contribution in [2.45, 2.75) is 11.8 Å². The number of nitro benzene ring substituents is 1. The molecule has 1 aromatic heterocycles. The summed E-state index contributed by atoms with van der Waals surface area (Å²) in [6.45, 7) is 1.53. The van der Waals surface area contributed by atoms with Crippen LogP contribution < -0.4 is 4.72 Å². The van der Waals surface area contributed by atoms with E-state index in [1.807, 2.05) is 0 Å². The highest BCUT2D eigenvalue weighted by molar-refractivity contribution is 7.92. The van der Waals surface area contributed by atoms with Crippen LogP contribution in [0.5, 0.6) is 0 Å². The average molecular weight is 328 g/mol. The number of halogens is 1. The van der Waals surface area contributed by atoms with Gasteiger partial charge in [-0.3, -0.25) is 14.8 Å². The molecule has 110 valence electrons. The van der Waals surface area contributed by atoms with Gasteiger partial charge in [0.2, 0.25) is 0 Å². The Labute approximate surface area is 125 Å². The Balaban J connectivity index is 2.40. The van der Waals surface area contributed by atoms with Crippen LogP contribution in [0.1, 0.15) is 5.56 Å². The van der Waals surface area contributed by atoms with E-state index < -0.39 is 14.9 Å². The lowest BCUT2D eigenvalue weighted by Gasteiger charge is -2.08. The van der Waals surface area contributed by atoms with Crippen molar-refractivity contribution in [2.24, 2.45) is 0 Å². The second-order valence-electron chi connectivity index (χ2n) is 4.18. The summed E-state index contributed by atoms with van der Waals surface area (Å²) in [5.41, 5.74) is 0.342. The standard InChI is InChI=1S/C12H10ClN3O4S/c1-8-2-3-10(7-11(8)16(17)18)21(19,20)15-9-4-5-14-12(13)6-9/h2-7H,1H3,(H,14,15). The Morgan fingerprint density at radius 2 is 2.00 bits per heavy atom. The van der Waals surface area contributed by atoms with E-state index in [-0.39, 0.29) is 21.4 Å². The van der Waals surface area contributed by atoms with Gasteiger partial charge in [0, 0.05) is 17.8 Å². The molecule has 2 rings (SSSR count). The Kier molecular flexibility index (Phi) is 4.10.